The standard InChI is InChI=1S/C26H30B2FN5O2/c1-4-5-10-26(27,28)34-21(13-15-6-9-19(14(2)30)31-23(15)34)24-32-20-12-16(25(35)36-3)11-18(29)22(20)33(24)17-7-8-17/h4,6,9,11-14,17H,1,5,7-8,10,27-28,30H2,2-3H3/t14-/m1/s1. The van der Waals surface area contributed by atoms with Crippen LogP contribution in [0.1, 0.15) is 60.7 Å². The third kappa shape index (κ3) is 4.03. The van der Waals surface area contributed by atoms with E-state index in [1.807, 2.05) is 29.7 Å². The molecule has 36 heavy (non-hydrogen) atoms. The number of nitrogens with two attached hydrogens (primary N) is 1. The number of ether oxygens (including phenoxy) is 1. The van der Waals surface area contributed by atoms with Crippen LogP contribution in [0.2, 0.25) is 0 Å². The van der Waals surface area contributed by atoms with Crippen LogP contribution in [0, 0.1) is 5.82 Å². The average molecular weight is 485 g/mol. The Morgan fingerprint density at radius 2 is 2.08 bits per heavy atom. The van der Waals surface area contributed by atoms with Gasteiger partial charge in [0.2, 0.25) is 0 Å². The molecule has 2 N–H and O–H groups in total. The summed E-state index contributed by atoms with van der Waals surface area (Å²) >= 11 is 0. The molecule has 1 atom stereocenters. The summed E-state index contributed by atoms with van der Waals surface area (Å²) < 4.78 is 24.5. The lowest BCUT2D eigenvalue weighted by Gasteiger charge is -2.30. The van der Waals surface area contributed by atoms with Crippen LogP contribution >= 0.6 is 0 Å². The SMILES string of the molecule is BC(B)(CCC=C)n1c(-c2nc3cc(C(=O)OC)cc(F)c3n2C2CC2)cc2ccc([C@@H](C)N)nc21. The van der Waals surface area contributed by atoms with Crippen molar-refractivity contribution in [2.75, 3.05) is 7.11 Å². The molecule has 1 fully saturated rings. The van der Waals surface area contributed by atoms with Crippen molar-refractivity contribution in [3.8, 4) is 11.5 Å². The molecule has 1 saturated carbocycles. The summed E-state index contributed by atoms with van der Waals surface area (Å²) in [4.78, 5) is 22.0. The lowest BCUT2D eigenvalue weighted by atomic mass is 9.59. The number of halogens is 1. The highest BCUT2D eigenvalue weighted by molar-refractivity contribution is 6.38. The summed E-state index contributed by atoms with van der Waals surface area (Å²) in [5.41, 5.74) is 9.63. The third-order valence-electron chi connectivity index (χ3n) is 7.00. The van der Waals surface area contributed by atoms with Gasteiger partial charge in [0.05, 0.1) is 29.6 Å². The van der Waals surface area contributed by atoms with E-state index in [0.717, 1.165) is 48.1 Å². The number of rotatable bonds is 8. The molecule has 1 aromatic carbocycles. The van der Waals surface area contributed by atoms with Gasteiger partial charge in [0.15, 0.2) is 5.82 Å². The molecule has 1 aliphatic rings. The molecule has 0 saturated heterocycles. The smallest absolute Gasteiger partial charge is 0.338 e. The Balaban J connectivity index is 1.82. The molecule has 3 aromatic heterocycles. The van der Waals surface area contributed by atoms with Crippen LogP contribution in [0.3, 0.4) is 0 Å². The molecule has 7 nitrogen and oxygen atoms in total. The van der Waals surface area contributed by atoms with E-state index in [9.17, 15) is 4.79 Å². The van der Waals surface area contributed by atoms with Crippen molar-refractivity contribution < 1.29 is 13.9 Å². The number of esters is 1. The first-order valence-corrected chi connectivity index (χ1v) is 12.4. The summed E-state index contributed by atoms with van der Waals surface area (Å²) in [5.74, 6) is -0.407. The largest absolute Gasteiger partial charge is 0.465 e. The van der Waals surface area contributed by atoms with E-state index >= 15 is 4.39 Å². The van der Waals surface area contributed by atoms with E-state index in [4.69, 9.17) is 20.4 Å². The number of hydrogen-bond donors (Lipinski definition) is 1. The Morgan fingerprint density at radius 3 is 2.72 bits per heavy atom. The molecule has 5 rings (SSSR count). The fraction of sp³-hybridized carbons (Fsp3) is 0.346. The second kappa shape index (κ2) is 8.92. The zero-order valence-corrected chi connectivity index (χ0v) is 21.2. The predicted octanol–water partition coefficient (Wildman–Crippen LogP) is 3.18. The second-order valence-electron chi connectivity index (χ2n) is 10.3. The fourth-order valence-corrected chi connectivity index (χ4v) is 4.98. The van der Waals surface area contributed by atoms with E-state index < -0.39 is 11.8 Å². The van der Waals surface area contributed by atoms with Crippen molar-refractivity contribution in [1.29, 1.82) is 0 Å². The molecule has 4 aromatic rings. The molecule has 0 radical (unpaired) electrons. The van der Waals surface area contributed by atoms with Gasteiger partial charge in [-0.05, 0) is 68.3 Å². The quantitative estimate of drug-likeness (QED) is 0.236. The van der Waals surface area contributed by atoms with Gasteiger partial charge in [-0.25, -0.2) is 19.2 Å². The molecule has 1 aliphatic carbocycles. The van der Waals surface area contributed by atoms with Crippen molar-refractivity contribution >= 4 is 43.7 Å². The third-order valence-corrected chi connectivity index (χ3v) is 7.00. The normalized spacial score (nSPS) is 14.9. The molecule has 0 bridgehead atoms. The van der Waals surface area contributed by atoms with Crippen molar-refractivity contribution in [2.24, 2.45) is 5.73 Å². The molecule has 3 heterocycles. The molecular formula is C26H30B2FN5O2. The summed E-state index contributed by atoms with van der Waals surface area (Å²) in [7, 11) is 5.62. The van der Waals surface area contributed by atoms with E-state index in [2.05, 4.69) is 32.9 Å². The number of imidazole rings is 1. The van der Waals surface area contributed by atoms with Gasteiger partial charge in [-0.3, -0.25) is 0 Å². The lowest BCUT2D eigenvalue weighted by molar-refractivity contribution is 0.0600. The Bertz CT molecular complexity index is 1500. The molecule has 184 valence electrons. The van der Waals surface area contributed by atoms with Gasteiger partial charge in [0.1, 0.15) is 32.7 Å². The van der Waals surface area contributed by atoms with Crippen molar-refractivity contribution in [1.82, 2.24) is 19.1 Å². The van der Waals surface area contributed by atoms with Crippen molar-refractivity contribution in [2.45, 2.75) is 50.0 Å². The topological polar surface area (TPSA) is 88.0 Å². The van der Waals surface area contributed by atoms with Gasteiger partial charge >= 0.3 is 5.97 Å². The minimum atomic E-state index is -0.592. The second-order valence-corrected chi connectivity index (χ2v) is 10.3. The molecule has 0 amide bonds. The summed E-state index contributed by atoms with van der Waals surface area (Å²) in [6.07, 6.45) is 5.47. The Morgan fingerprint density at radius 1 is 1.33 bits per heavy atom. The number of carbonyl (C=O) groups excluding carboxylic acids is 1. The Hall–Kier alpha value is -3.39. The zero-order valence-electron chi connectivity index (χ0n) is 21.2. The van der Waals surface area contributed by atoms with Crippen molar-refractivity contribution in [3.05, 3.63) is 60.1 Å². The minimum absolute atomic E-state index is 0.143. The Kier molecular flexibility index (Phi) is 6.03. The maximum atomic E-state index is 15.5. The highest BCUT2D eigenvalue weighted by Crippen LogP contribution is 2.44. The number of carbonyl (C=O) groups is 1. The van der Waals surface area contributed by atoms with Crippen molar-refractivity contribution in [3.63, 3.8) is 0 Å². The van der Waals surface area contributed by atoms with Gasteiger partial charge < -0.3 is 19.6 Å². The number of hydrogen-bond acceptors (Lipinski definition) is 5. The average Bonchev–Trinajstić information content (AvgIpc) is 3.49. The highest BCUT2D eigenvalue weighted by Gasteiger charge is 2.34. The zero-order chi connectivity index (χ0) is 25.8. The van der Waals surface area contributed by atoms with Crippen LogP contribution < -0.4 is 5.73 Å². The molecule has 0 unspecified atom stereocenters. The number of aromatic nitrogens is 4. The summed E-state index contributed by atoms with van der Waals surface area (Å²) in [6.45, 7) is 5.82. The van der Waals surface area contributed by atoms with Gasteiger partial charge in [0, 0.05) is 17.5 Å². The summed E-state index contributed by atoms with van der Waals surface area (Å²) in [6, 6.07) is 8.84. The molecule has 10 heteroatoms. The number of nitrogens with zero attached hydrogens (tertiary/aromatic N) is 4. The van der Waals surface area contributed by atoms with Crippen LogP contribution in [-0.2, 0) is 10.1 Å². The predicted molar refractivity (Wildman–Crippen MR) is 145 cm³/mol. The van der Waals surface area contributed by atoms with Gasteiger partial charge in [-0.2, -0.15) is 0 Å². The first-order chi connectivity index (χ1) is 17.2. The van der Waals surface area contributed by atoms with E-state index in [1.165, 1.54) is 13.2 Å². The van der Waals surface area contributed by atoms with Crippen LogP contribution in [0.4, 0.5) is 4.39 Å². The number of fused-ring (bicyclic) bond motifs is 2. The van der Waals surface area contributed by atoms with E-state index in [-0.39, 0.29) is 23.0 Å². The number of benzene rings is 1. The highest BCUT2D eigenvalue weighted by atomic mass is 19.1. The minimum Gasteiger partial charge on any atom is -0.465 e. The lowest BCUT2D eigenvalue weighted by Crippen LogP contribution is -2.35. The first kappa shape index (κ1) is 24.3. The van der Waals surface area contributed by atoms with Gasteiger partial charge in [-0.1, -0.05) is 6.08 Å². The Labute approximate surface area is 211 Å². The van der Waals surface area contributed by atoms with Gasteiger partial charge in [-0.15, -0.1) is 6.58 Å². The number of pyridine rings is 1. The monoisotopic (exact) mass is 485 g/mol. The maximum absolute atomic E-state index is 15.5. The summed E-state index contributed by atoms with van der Waals surface area (Å²) in [5, 5.41) is 0.628. The molecule has 0 spiro atoms. The maximum Gasteiger partial charge on any atom is 0.338 e. The van der Waals surface area contributed by atoms with Gasteiger partial charge in [0.25, 0.3) is 0 Å². The molecule has 0 aliphatic heterocycles. The van der Waals surface area contributed by atoms with E-state index in [1.54, 1.807) is 6.07 Å². The number of allylic oxidation sites excluding steroid dienone is 1. The van der Waals surface area contributed by atoms with Crippen LogP contribution in [0.25, 0.3) is 33.6 Å². The number of methoxy groups -OCH3 is 1. The fourth-order valence-electron chi connectivity index (χ4n) is 4.98. The van der Waals surface area contributed by atoms with E-state index in [0.29, 0.717) is 16.9 Å². The van der Waals surface area contributed by atoms with Crippen LogP contribution in [-0.4, -0.2) is 47.9 Å². The van der Waals surface area contributed by atoms with Crippen LogP contribution in [0.15, 0.2) is 43.0 Å². The first-order valence-electron chi connectivity index (χ1n) is 12.4. The molecular weight excluding hydrogens is 455 g/mol. The van der Waals surface area contributed by atoms with Crippen LogP contribution in [0.5, 0.6) is 0 Å².